The summed E-state index contributed by atoms with van der Waals surface area (Å²) in [6.45, 7) is 9.99. The number of carbonyl (C=O) groups is 1. The van der Waals surface area contributed by atoms with Crippen LogP contribution in [0, 0.1) is 16.7 Å². The van der Waals surface area contributed by atoms with Crippen molar-refractivity contribution in [2.24, 2.45) is 16.7 Å². The molecule has 0 radical (unpaired) electrons. The molecule has 1 aliphatic carbocycles. The molecule has 4 heteroatoms. The summed E-state index contributed by atoms with van der Waals surface area (Å²) in [7, 11) is 1.88. The maximum atomic E-state index is 12.2. The third kappa shape index (κ3) is 1.87. The Morgan fingerprint density at radius 3 is 2.24 bits per heavy atom. The van der Waals surface area contributed by atoms with Gasteiger partial charge in [-0.2, -0.15) is 0 Å². The Balaban J connectivity index is 1.95. The van der Waals surface area contributed by atoms with Crippen LogP contribution in [-0.2, 0) is 9.53 Å². The lowest BCUT2D eigenvalue weighted by Crippen LogP contribution is -2.44. The third-order valence-electron chi connectivity index (χ3n) is 5.10. The monoisotopic (exact) mass is 240 g/mol. The van der Waals surface area contributed by atoms with Gasteiger partial charge in [0.15, 0.2) is 0 Å². The van der Waals surface area contributed by atoms with Crippen molar-refractivity contribution in [3.8, 4) is 0 Å². The molecule has 0 aromatic rings. The predicted octanol–water partition coefficient (Wildman–Crippen LogP) is 0.772. The summed E-state index contributed by atoms with van der Waals surface area (Å²) in [5.41, 5.74) is 0.383. The molecule has 1 aliphatic heterocycles. The first-order valence-electron chi connectivity index (χ1n) is 6.37. The van der Waals surface area contributed by atoms with Gasteiger partial charge in [-0.15, -0.1) is 0 Å². The normalized spacial score (nSPS) is 34.6. The molecule has 2 unspecified atom stereocenters. The van der Waals surface area contributed by atoms with Gasteiger partial charge in [0.1, 0.15) is 0 Å². The first-order chi connectivity index (χ1) is 7.82. The highest BCUT2D eigenvalue weighted by Gasteiger charge is 2.65. The topological polar surface area (TPSA) is 50.4 Å². The van der Waals surface area contributed by atoms with Gasteiger partial charge in [0.05, 0.1) is 19.1 Å². The maximum Gasteiger partial charge on any atom is 0.227 e. The van der Waals surface area contributed by atoms with E-state index >= 15 is 0 Å². The molecule has 0 bridgehead atoms. The minimum Gasteiger partial charge on any atom is -0.379 e. The van der Waals surface area contributed by atoms with Crippen LogP contribution in [-0.4, -0.2) is 38.3 Å². The highest BCUT2D eigenvalue weighted by atomic mass is 16.5. The largest absolute Gasteiger partial charge is 0.379 e. The molecule has 17 heavy (non-hydrogen) atoms. The number of hydrogen-bond donors (Lipinski definition) is 2. The summed E-state index contributed by atoms with van der Waals surface area (Å²) in [5, 5.41) is 6.33. The zero-order valence-corrected chi connectivity index (χ0v) is 11.5. The number of nitrogens with one attached hydrogen (secondary N) is 2. The van der Waals surface area contributed by atoms with E-state index in [-0.39, 0.29) is 34.7 Å². The van der Waals surface area contributed by atoms with Crippen molar-refractivity contribution in [1.82, 2.24) is 10.6 Å². The maximum absolute atomic E-state index is 12.2. The molecule has 1 saturated heterocycles. The van der Waals surface area contributed by atoms with Crippen molar-refractivity contribution in [3.05, 3.63) is 0 Å². The van der Waals surface area contributed by atoms with E-state index in [1.165, 1.54) is 0 Å². The third-order valence-corrected chi connectivity index (χ3v) is 5.10. The highest BCUT2D eigenvalue weighted by Crippen LogP contribution is 2.62. The lowest BCUT2D eigenvalue weighted by atomic mass is 10.0. The summed E-state index contributed by atoms with van der Waals surface area (Å²) in [4.78, 5) is 12.2. The van der Waals surface area contributed by atoms with Crippen molar-refractivity contribution in [3.63, 3.8) is 0 Å². The second-order valence-corrected chi connectivity index (χ2v) is 6.42. The first-order valence-corrected chi connectivity index (χ1v) is 6.37. The molecule has 1 amide bonds. The quantitative estimate of drug-likeness (QED) is 0.766. The average Bonchev–Trinajstić information content (AvgIpc) is 2.64. The van der Waals surface area contributed by atoms with Gasteiger partial charge in [0.2, 0.25) is 5.91 Å². The minimum atomic E-state index is -0.0489. The van der Waals surface area contributed by atoms with Crippen LogP contribution in [0.2, 0.25) is 0 Å². The van der Waals surface area contributed by atoms with Gasteiger partial charge in [-0.25, -0.2) is 0 Å². The van der Waals surface area contributed by atoms with Gasteiger partial charge in [-0.3, -0.25) is 4.79 Å². The van der Waals surface area contributed by atoms with Gasteiger partial charge in [-0.1, -0.05) is 27.7 Å². The summed E-state index contributed by atoms with van der Waals surface area (Å²) < 4.78 is 5.36. The lowest BCUT2D eigenvalue weighted by Gasteiger charge is -2.17. The molecule has 1 saturated carbocycles. The van der Waals surface area contributed by atoms with Crippen molar-refractivity contribution < 1.29 is 9.53 Å². The first kappa shape index (κ1) is 12.8. The lowest BCUT2D eigenvalue weighted by molar-refractivity contribution is -0.125. The molecule has 98 valence electrons. The zero-order chi connectivity index (χ0) is 12.8. The van der Waals surface area contributed by atoms with Crippen LogP contribution in [0.3, 0.4) is 0 Å². The van der Waals surface area contributed by atoms with Crippen molar-refractivity contribution in [2.45, 2.75) is 39.8 Å². The second-order valence-electron chi connectivity index (χ2n) is 6.42. The van der Waals surface area contributed by atoms with Crippen molar-refractivity contribution in [1.29, 1.82) is 0 Å². The van der Waals surface area contributed by atoms with Gasteiger partial charge >= 0.3 is 0 Å². The van der Waals surface area contributed by atoms with Gasteiger partial charge in [0, 0.05) is 12.1 Å². The zero-order valence-electron chi connectivity index (χ0n) is 11.5. The minimum absolute atomic E-state index is 0.0489. The summed E-state index contributed by atoms with van der Waals surface area (Å²) in [6.07, 6.45) is 0. The fraction of sp³-hybridized carbons (Fsp3) is 0.923. The van der Waals surface area contributed by atoms with E-state index in [9.17, 15) is 4.79 Å². The van der Waals surface area contributed by atoms with E-state index in [0.29, 0.717) is 13.2 Å². The molecule has 2 aliphatic rings. The molecular weight excluding hydrogens is 216 g/mol. The number of ether oxygens (including phenoxy) is 1. The van der Waals surface area contributed by atoms with Crippen LogP contribution >= 0.6 is 0 Å². The standard InChI is InChI=1S/C13H24N2O2/c1-12(2)11(13(12,3)4)15-10(16)8-6-17-7-9(8)14-5/h8-9,11,14H,6-7H2,1-5H3,(H,15,16). The van der Waals surface area contributed by atoms with Crippen LogP contribution in [0.1, 0.15) is 27.7 Å². The molecule has 2 fully saturated rings. The van der Waals surface area contributed by atoms with Gasteiger partial charge in [-0.05, 0) is 17.9 Å². The van der Waals surface area contributed by atoms with Gasteiger partial charge in [0.25, 0.3) is 0 Å². The van der Waals surface area contributed by atoms with E-state index in [0.717, 1.165) is 0 Å². The molecule has 2 N–H and O–H groups in total. The summed E-state index contributed by atoms with van der Waals surface area (Å²) in [6, 6.07) is 0.431. The van der Waals surface area contributed by atoms with E-state index in [2.05, 4.69) is 38.3 Å². The molecule has 1 heterocycles. The fourth-order valence-electron chi connectivity index (χ4n) is 2.90. The van der Waals surface area contributed by atoms with E-state index in [1.54, 1.807) is 0 Å². The summed E-state index contributed by atoms with van der Waals surface area (Å²) >= 11 is 0. The predicted molar refractivity (Wildman–Crippen MR) is 66.6 cm³/mol. The number of likely N-dealkylation sites (N-methyl/N-ethyl adjacent to an activating group) is 1. The Kier molecular flexibility index (Phi) is 2.99. The smallest absolute Gasteiger partial charge is 0.227 e. The second kappa shape index (κ2) is 3.95. The number of carbonyl (C=O) groups excluding carboxylic acids is 1. The van der Waals surface area contributed by atoms with E-state index < -0.39 is 0 Å². The van der Waals surface area contributed by atoms with E-state index in [4.69, 9.17) is 4.74 Å². The Morgan fingerprint density at radius 2 is 1.76 bits per heavy atom. The van der Waals surface area contributed by atoms with Crippen LogP contribution in [0.15, 0.2) is 0 Å². The molecule has 0 spiro atoms. The van der Waals surface area contributed by atoms with Gasteiger partial charge < -0.3 is 15.4 Å². The van der Waals surface area contributed by atoms with Crippen LogP contribution in [0.25, 0.3) is 0 Å². The Bertz CT molecular complexity index is 311. The fourth-order valence-corrected chi connectivity index (χ4v) is 2.90. The van der Waals surface area contributed by atoms with Crippen molar-refractivity contribution >= 4 is 5.91 Å². The molecular formula is C13H24N2O2. The molecule has 0 aromatic carbocycles. The SMILES string of the molecule is CNC1COCC1C(=O)NC1C(C)(C)C1(C)C. The van der Waals surface area contributed by atoms with Crippen LogP contribution in [0.4, 0.5) is 0 Å². The van der Waals surface area contributed by atoms with Crippen LogP contribution < -0.4 is 10.6 Å². The number of rotatable bonds is 3. The molecule has 4 nitrogen and oxygen atoms in total. The molecule has 0 aromatic heterocycles. The highest BCUT2D eigenvalue weighted by molar-refractivity contribution is 5.81. The summed E-state index contributed by atoms with van der Waals surface area (Å²) in [5.74, 6) is 0.0812. The van der Waals surface area contributed by atoms with E-state index in [1.807, 2.05) is 7.05 Å². The molecule has 2 rings (SSSR count). The number of amides is 1. The average molecular weight is 240 g/mol. The van der Waals surface area contributed by atoms with Crippen LogP contribution in [0.5, 0.6) is 0 Å². The Morgan fingerprint density at radius 1 is 1.18 bits per heavy atom. The van der Waals surface area contributed by atoms with Crippen molar-refractivity contribution in [2.75, 3.05) is 20.3 Å². The Hall–Kier alpha value is -0.610. The Labute approximate surface area is 103 Å². The molecule has 2 atom stereocenters. The number of hydrogen-bond acceptors (Lipinski definition) is 3.